The van der Waals surface area contributed by atoms with Crippen molar-refractivity contribution in [1.82, 2.24) is 0 Å². The summed E-state index contributed by atoms with van der Waals surface area (Å²) in [5.41, 5.74) is -0.260. The Kier molecular flexibility index (Phi) is 14.8. The summed E-state index contributed by atoms with van der Waals surface area (Å²) in [5.74, 6) is 0. The third-order valence-corrected chi connectivity index (χ3v) is 4.59. The van der Waals surface area contributed by atoms with Crippen molar-refractivity contribution in [1.29, 1.82) is 0 Å². The monoisotopic (exact) mass is 300 g/mol. The zero-order valence-electron chi connectivity index (χ0n) is 15.0. The van der Waals surface area contributed by atoms with E-state index in [1.807, 2.05) is 0 Å². The van der Waals surface area contributed by atoms with E-state index in [0.717, 1.165) is 32.1 Å². The first-order valence-corrected chi connectivity index (χ1v) is 9.57. The van der Waals surface area contributed by atoms with E-state index >= 15 is 0 Å². The number of rotatable bonds is 16. The van der Waals surface area contributed by atoms with Gasteiger partial charge in [0.25, 0.3) is 0 Å². The lowest BCUT2D eigenvalue weighted by atomic mass is 9.87. The second kappa shape index (κ2) is 14.8. The molecule has 0 saturated carbocycles. The van der Waals surface area contributed by atoms with Crippen molar-refractivity contribution in [2.24, 2.45) is 0 Å². The smallest absolute Gasteiger partial charge is 0.103 e. The minimum absolute atomic E-state index is 0.260. The van der Waals surface area contributed by atoms with Crippen molar-refractivity contribution >= 4 is 0 Å². The fraction of sp³-hybridized carbons (Fsp3) is 1.00. The van der Waals surface area contributed by atoms with Gasteiger partial charge in [-0.1, -0.05) is 97.8 Å². The molecule has 0 saturated heterocycles. The van der Waals surface area contributed by atoms with E-state index in [9.17, 15) is 5.26 Å². The Morgan fingerprint density at radius 2 is 1.00 bits per heavy atom. The fourth-order valence-electron chi connectivity index (χ4n) is 3.36. The summed E-state index contributed by atoms with van der Waals surface area (Å²) < 4.78 is 0. The van der Waals surface area contributed by atoms with E-state index in [1.54, 1.807) is 0 Å². The van der Waals surface area contributed by atoms with Crippen LogP contribution < -0.4 is 0 Å². The average Bonchev–Trinajstić information content (AvgIpc) is 2.49. The Balaban J connectivity index is 3.57. The van der Waals surface area contributed by atoms with Gasteiger partial charge >= 0.3 is 0 Å². The highest BCUT2D eigenvalue weighted by atomic mass is 17.1. The molecule has 21 heavy (non-hydrogen) atoms. The lowest BCUT2D eigenvalue weighted by molar-refractivity contribution is -0.329. The minimum Gasteiger partial charge on any atom is -0.251 e. The molecule has 0 aliphatic heterocycles. The van der Waals surface area contributed by atoms with Crippen LogP contribution in [0.2, 0.25) is 0 Å². The van der Waals surface area contributed by atoms with Crippen molar-refractivity contribution in [3.05, 3.63) is 0 Å². The number of unbranched alkanes of at least 4 members (excludes halogenated alkanes) is 9. The van der Waals surface area contributed by atoms with Crippen LogP contribution in [0.3, 0.4) is 0 Å². The molecule has 0 aliphatic rings. The first-order valence-electron chi connectivity index (χ1n) is 9.57. The molecule has 0 radical (unpaired) electrons. The maximum atomic E-state index is 9.28. The first-order chi connectivity index (χ1) is 10.2. The first kappa shape index (κ1) is 20.9. The van der Waals surface area contributed by atoms with Gasteiger partial charge in [0, 0.05) is 0 Å². The Labute approximate surface area is 133 Å². The van der Waals surface area contributed by atoms with Gasteiger partial charge in [-0.05, 0) is 19.3 Å². The van der Waals surface area contributed by atoms with E-state index in [2.05, 4.69) is 20.8 Å². The summed E-state index contributed by atoms with van der Waals surface area (Å²) >= 11 is 0. The second-order valence-electron chi connectivity index (χ2n) is 6.71. The van der Waals surface area contributed by atoms with Gasteiger partial charge in [0.15, 0.2) is 0 Å². The van der Waals surface area contributed by atoms with Crippen LogP contribution in [0.1, 0.15) is 117 Å². The molecule has 2 nitrogen and oxygen atoms in total. The van der Waals surface area contributed by atoms with E-state index in [-0.39, 0.29) is 5.60 Å². The van der Waals surface area contributed by atoms with Crippen LogP contribution in [-0.4, -0.2) is 10.9 Å². The van der Waals surface area contributed by atoms with Crippen LogP contribution in [0, 0.1) is 0 Å². The number of hydrogen-bond donors (Lipinski definition) is 1. The summed E-state index contributed by atoms with van der Waals surface area (Å²) in [6.45, 7) is 6.61. The quantitative estimate of drug-likeness (QED) is 0.187. The molecule has 0 heterocycles. The van der Waals surface area contributed by atoms with Crippen LogP contribution >= 0.6 is 0 Å². The molecular weight excluding hydrogens is 260 g/mol. The predicted octanol–water partition coefficient (Wildman–Crippen LogP) is 7.13. The topological polar surface area (TPSA) is 29.5 Å². The molecule has 0 atom stereocenters. The van der Waals surface area contributed by atoms with Crippen molar-refractivity contribution in [3.63, 3.8) is 0 Å². The molecule has 1 N–H and O–H groups in total. The molecule has 0 unspecified atom stereocenters. The summed E-state index contributed by atoms with van der Waals surface area (Å²) in [4.78, 5) is 4.90. The van der Waals surface area contributed by atoms with E-state index < -0.39 is 0 Å². The summed E-state index contributed by atoms with van der Waals surface area (Å²) in [6.07, 6.45) is 18.7. The standard InChI is InChI=1S/C19H40O2/c1-4-7-8-9-10-11-12-13-14-15-18-19(21-20,16-5-2)17-6-3/h20H,4-18H2,1-3H3. The molecule has 0 aromatic carbocycles. The molecule has 0 rings (SSSR count). The summed E-state index contributed by atoms with van der Waals surface area (Å²) in [6, 6.07) is 0. The zero-order chi connectivity index (χ0) is 15.8. The maximum absolute atomic E-state index is 9.28. The molecule has 0 fully saturated rings. The molecule has 0 aliphatic carbocycles. The lowest BCUT2D eigenvalue weighted by Gasteiger charge is -2.30. The molecular formula is C19H40O2. The molecule has 0 amide bonds. The highest BCUT2D eigenvalue weighted by Gasteiger charge is 2.29. The van der Waals surface area contributed by atoms with E-state index in [1.165, 1.54) is 64.2 Å². The SMILES string of the molecule is CCCCCCCCCCCCC(CCC)(CCC)OO. The van der Waals surface area contributed by atoms with Crippen LogP contribution in [0.25, 0.3) is 0 Å². The van der Waals surface area contributed by atoms with Crippen molar-refractivity contribution < 1.29 is 10.1 Å². The predicted molar refractivity (Wildman–Crippen MR) is 92.7 cm³/mol. The third kappa shape index (κ3) is 11.2. The van der Waals surface area contributed by atoms with Gasteiger partial charge in [0.05, 0.1) is 0 Å². The van der Waals surface area contributed by atoms with Crippen molar-refractivity contribution in [2.75, 3.05) is 0 Å². The van der Waals surface area contributed by atoms with Gasteiger partial charge in [0.1, 0.15) is 5.60 Å². The van der Waals surface area contributed by atoms with Crippen LogP contribution in [0.5, 0.6) is 0 Å². The summed E-state index contributed by atoms with van der Waals surface area (Å²) in [5, 5.41) is 9.28. The van der Waals surface area contributed by atoms with Gasteiger partial charge < -0.3 is 0 Å². The van der Waals surface area contributed by atoms with E-state index in [4.69, 9.17) is 4.89 Å². The second-order valence-corrected chi connectivity index (χ2v) is 6.71. The van der Waals surface area contributed by atoms with Gasteiger partial charge in [-0.15, -0.1) is 0 Å². The van der Waals surface area contributed by atoms with Gasteiger partial charge in [-0.2, -0.15) is 0 Å². The van der Waals surface area contributed by atoms with Gasteiger partial charge in [-0.3, -0.25) is 5.26 Å². The van der Waals surface area contributed by atoms with Crippen LogP contribution in [0.15, 0.2) is 0 Å². The maximum Gasteiger partial charge on any atom is 0.103 e. The Morgan fingerprint density at radius 1 is 0.571 bits per heavy atom. The van der Waals surface area contributed by atoms with Gasteiger partial charge in [-0.25, -0.2) is 4.89 Å². The zero-order valence-corrected chi connectivity index (χ0v) is 15.0. The van der Waals surface area contributed by atoms with Crippen LogP contribution in [-0.2, 0) is 4.89 Å². The Morgan fingerprint density at radius 3 is 1.38 bits per heavy atom. The normalized spacial score (nSPS) is 12.0. The minimum atomic E-state index is -0.260. The molecule has 0 spiro atoms. The molecule has 2 heteroatoms. The molecule has 0 bridgehead atoms. The average molecular weight is 301 g/mol. The molecule has 128 valence electrons. The molecule has 0 aromatic rings. The Hall–Kier alpha value is -0.0800. The number of hydrogen-bond acceptors (Lipinski definition) is 2. The third-order valence-electron chi connectivity index (χ3n) is 4.59. The highest BCUT2D eigenvalue weighted by Crippen LogP contribution is 2.29. The fourth-order valence-corrected chi connectivity index (χ4v) is 3.36. The molecule has 0 aromatic heterocycles. The van der Waals surface area contributed by atoms with E-state index in [0.29, 0.717) is 0 Å². The van der Waals surface area contributed by atoms with Gasteiger partial charge in [0.2, 0.25) is 0 Å². The summed E-state index contributed by atoms with van der Waals surface area (Å²) in [7, 11) is 0. The van der Waals surface area contributed by atoms with Crippen LogP contribution in [0.4, 0.5) is 0 Å². The van der Waals surface area contributed by atoms with Crippen molar-refractivity contribution in [3.8, 4) is 0 Å². The van der Waals surface area contributed by atoms with Crippen molar-refractivity contribution in [2.45, 2.75) is 123 Å². The Bertz CT molecular complexity index is 198. The largest absolute Gasteiger partial charge is 0.251 e. The highest BCUT2D eigenvalue weighted by molar-refractivity contribution is 4.78. The lowest BCUT2D eigenvalue weighted by Crippen LogP contribution is -2.31.